The third kappa shape index (κ3) is 5.26. The van der Waals surface area contributed by atoms with Crippen LogP contribution in [0.25, 0.3) is 0 Å². The van der Waals surface area contributed by atoms with Crippen molar-refractivity contribution in [3.8, 4) is 11.5 Å². The molecule has 0 bridgehead atoms. The maximum Gasteiger partial charge on any atom is 0.223 e. The zero-order chi connectivity index (χ0) is 17.6. The van der Waals surface area contributed by atoms with Gasteiger partial charge in [0.1, 0.15) is 13.2 Å². The van der Waals surface area contributed by atoms with E-state index >= 15 is 0 Å². The zero-order valence-electron chi connectivity index (χ0n) is 14.1. The highest BCUT2D eigenvalue weighted by Gasteiger charge is 2.28. The predicted octanol–water partition coefficient (Wildman–Crippen LogP) is 2.08. The Kier molecular flexibility index (Phi) is 6.02. The summed E-state index contributed by atoms with van der Waals surface area (Å²) in [5.41, 5.74) is 0.992. The molecule has 0 spiro atoms. The smallest absolute Gasteiger partial charge is 0.223 e. The molecule has 2 N–H and O–H groups in total. The second-order valence-corrected chi connectivity index (χ2v) is 6.78. The fraction of sp³-hybridized carbons (Fsp3) is 0.556. The number of fused-ring (bicyclic) bond motifs is 1. The van der Waals surface area contributed by atoms with E-state index in [0.717, 1.165) is 18.4 Å². The summed E-state index contributed by atoms with van der Waals surface area (Å²) in [6, 6.07) is 3.74. The van der Waals surface area contributed by atoms with E-state index in [1.165, 1.54) is 0 Å². The van der Waals surface area contributed by atoms with E-state index in [4.69, 9.17) is 21.1 Å². The van der Waals surface area contributed by atoms with Gasteiger partial charge in [-0.15, -0.1) is 0 Å². The van der Waals surface area contributed by atoms with Gasteiger partial charge in [-0.3, -0.25) is 9.59 Å². The minimum atomic E-state index is -0.00990. The van der Waals surface area contributed by atoms with Crippen molar-refractivity contribution in [1.29, 1.82) is 0 Å². The second-order valence-electron chi connectivity index (χ2n) is 6.37. The minimum Gasteiger partial charge on any atom is -0.486 e. The van der Waals surface area contributed by atoms with Crippen molar-refractivity contribution in [1.82, 2.24) is 10.6 Å². The summed E-state index contributed by atoms with van der Waals surface area (Å²) in [6.07, 6.45) is 3.72. The van der Waals surface area contributed by atoms with Crippen LogP contribution in [0.4, 0.5) is 0 Å². The Morgan fingerprint density at radius 2 is 1.92 bits per heavy atom. The summed E-state index contributed by atoms with van der Waals surface area (Å²) in [5, 5.41) is 6.28. The summed E-state index contributed by atoms with van der Waals surface area (Å²) in [4.78, 5) is 23.3. The van der Waals surface area contributed by atoms with Crippen molar-refractivity contribution in [2.24, 2.45) is 5.92 Å². The average Bonchev–Trinajstić information content (AvgIpc) is 3.44. The number of amides is 2. The van der Waals surface area contributed by atoms with E-state index in [2.05, 4.69) is 10.6 Å². The van der Waals surface area contributed by atoms with Crippen LogP contribution in [0.5, 0.6) is 11.5 Å². The van der Waals surface area contributed by atoms with Crippen LogP contribution >= 0.6 is 11.6 Å². The van der Waals surface area contributed by atoms with Crippen LogP contribution in [0.3, 0.4) is 0 Å². The van der Waals surface area contributed by atoms with Crippen LogP contribution in [0.15, 0.2) is 12.1 Å². The number of rotatable bonds is 8. The SMILES string of the molecule is O=C(CCCNC(=O)C1CC1)NCCc1cc(Cl)c2c(c1)OCCO2. The van der Waals surface area contributed by atoms with Crippen molar-refractivity contribution in [2.75, 3.05) is 26.3 Å². The van der Waals surface area contributed by atoms with Crippen molar-refractivity contribution in [3.63, 3.8) is 0 Å². The lowest BCUT2D eigenvalue weighted by atomic mass is 10.1. The zero-order valence-corrected chi connectivity index (χ0v) is 14.9. The molecule has 1 aliphatic heterocycles. The maximum absolute atomic E-state index is 11.8. The predicted molar refractivity (Wildman–Crippen MR) is 94.1 cm³/mol. The number of hydrogen-bond acceptors (Lipinski definition) is 4. The summed E-state index contributed by atoms with van der Waals surface area (Å²) in [6.45, 7) is 2.10. The number of hydrogen-bond donors (Lipinski definition) is 2. The van der Waals surface area contributed by atoms with Gasteiger partial charge in [-0.25, -0.2) is 0 Å². The molecule has 2 amide bonds. The van der Waals surface area contributed by atoms with Gasteiger partial charge in [-0.1, -0.05) is 11.6 Å². The van der Waals surface area contributed by atoms with E-state index in [1.807, 2.05) is 12.1 Å². The number of ether oxygens (including phenoxy) is 2. The fourth-order valence-electron chi connectivity index (χ4n) is 2.69. The Hall–Kier alpha value is -1.95. The molecule has 3 rings (SSSR count). The number of carbonyl (C=O) groups is 2. The van der Waals surface area contributed by atoms with Gasteiger partial charge in [0.05, 0.1) is 5.02 Å². The molecular weight excluding hydrogens is 344 g/mol. The molecule has 0 saturated heterocycles. The molecular formula is C18H23ClN2O4. The number of carbonyl (C=O) groups excluding carboxylic acids is 2. The third-order valence-electron chi connectivity index (χ3n) is 4.22. The molecule has 1 aromatic carbocycles. The van der Waals surface area contributed by atoms with Crippen molar-refractivity contribution < 1.29 is 19.1 Å². The van der Waals surface area contributed by atoms with Crippen LogP contribution in [-0.2, 0) is 16.0 Å². The van der Waals surface area contributed by atoms with Crippen LogP contribution < -0.4 is 20.1 Å². The average molecular weight is 367 g/mol. The molecule has 1 fully saturated rings. The van der Waals surface area contributed by atoms with Gasteiger partial charge in [-0.2, -0.15) is 0 Å². The molecule has 7 heteroatoms. The van der Waals surface area contributed by atoms with Gasteiger partial charge in [0.15, 0.2) is 11.5 Å². The summed E-state index contributed by atoms with van der Waals surface area (Å²) in [7, 11) is 0. The lowest BCUT2D eigenvalue weighted by Crippen LogP contribution is -2.29. The lowest BCUT2D eigenvalue weighted by molar-refractivity contribution is -0.123. The molecule has 1 aliphatic carbocycles. The van der Waals surface area contributed by atoms with Gasteiger partial charge >= 0.3 is 0 Å². The van der Waals surface area contributed by atoms with Gasteiger partial charge in [-0.05, 0) is 43.4 Å². The molecule has 6 nitrogen and oxygen atoms in total. The summed E-state index contributed by atoms with van der Waals surface area (Å²) >= 11 is 6.20. The largest absolute Gasteiger partial charge is 0.486 e. The third-order valence-corrected chi connectivity index (χ3v) is 4.50. The highest BCUT2D eigenvalue weighted by molar-refractivity contribution is 6.32. The molecule has 0 aromatic heterocycles. The number of halogens is 1. The molecule has 136 valence electrons. The molecule has 1 aromatic rings. The van der Waals surface area contributed by atoms with Gasteiger partial charge in [0.2, 0.25) is 11.8 Å². The molecule has 2 aliphatic rings. The van der Waals surface area contributed by atoms with Crippen molar-refractivity contribution in [3.05, 3.63) is 22.7 Å². The van der Waals surface area contributed by atoms with Crippen molar-refractivity contribution in [2.45, 2.75) is 32.1 Å². The Bertz CT molecular complexity index is 646. The van der Waals surface area contributed by atoms with E-state index in [9.17, 15) is 9.59 Å². The Balaban J connectivity index is 1.34. The first-order valence-electron chi connectivity index (χ1n) is 8.76. The number of benzene rings is 1. The standard InChI is InChI=1S/C18H23ClN2O4/c19-14-10-12(11-15-17(14)25-9-8-24-15)5-7-20-16(22)2-1-6-21-18(23)13-3-4-13/h10-11,13H,1-9H2,(H,20,22)(H,21,23). The first kappa shape index (κ1) is 17.9. The first-order chi connectivity index (χ1) is 12.1. The van der Waals surface area contributed by atoms with Crippen molar-refractivity contribution >= 4 is 23.4 Å². The normalized spacial score (nSPS) is 15.6. The monoisotopic (exact) mass is 366 g/mol. The van der Waals surface area contributed by atoms with E-state index in [-0.39, 0.29) is 17.7 Å². The van der Waals surface area contributed by atoms with E-state index in [0.29, 0.717) is 62.1 Å². The highest BCUT2D eigenvalue weighted by Crippen LogP contribution is 2.38. The quantitative estimate of drug-likeness (QED) is 0.690. The molecule has 25 heavy (non-hydrogen) atoms. The second kappa shape index (κ2) is 8.43. The lowest BCUT2D eigenvalue weighted by Gasteiger charge is -2.20. The molecule has 0 unspecified atom stereocenters. The summed E-state index contributed by atoms with van der Waals surface area (Å²) in [5.74, 6) is 1.58. The van der Waals surface area contributed by atoms with E-state index < -0.39 is 0 Å². The summed E-state index contributed by atoms with van der Waals surface area (Å²) < 4.78 is 11.0. The molecule has 1 saturated carbocycles. The van der Waals surface area contributed by atoms with Gasteiger partial charge in [0.25, 0.3) is 0 Å². The van der Waals surface area contributed by atoms with Crippen LogP contribution in [0.2, 0.25) is 5.02 Å². The van der Waals surface area contributed by atoms with Crippen LogP contribution in [0.1, 0.15) is 31.2 Å². The number of nitrogens with one attached hydrogen (secondary N) is 2. The fourth-order valence-corrected chi connectivity index (χ4v) is 2.98. The first-order valence-corrected chi connectivity index (χ1v) is 9.13. The minimum absolute atomic E-state index is 0.00990. The molecule has 1 heterocycles. The van der Waals surface area contributed by atoms with Crippen LogP contribution in [-0.4, -0.2) is 38.1 Å². The Morgan fingerprint density at radius 1 is 1.12 bits per heavy atom. The van der Waals surface area contributed by atoms with Gasteiger partial charge in [0, 0.05) is 25.4 Å². The Morgan fingerprint density at radius 3 is 2.72 bits per heavy atom. The van der Waals surface area contributed by atoms with E-state index in [1.54, 1.807) is 0 Å². The van der Waals surface area contributed by atoms with Crippen LogP contribution in [0, 0.1) is 5.92 Å². The Labute approximate surface area is 152 Å². The highest BCUT2D eigenvalue weighted by atomic mass is 35.5. The molecule has 0 atom stereocenters. The van der Waals surface area contributed by atoms with Gasteiger partial charge < -0.3 is 20.1 Å². The molecule has 0 radical (unpaired) electrons. The maximum atomic E-state index is 11.8. The topological polar surface area (TPSA) is 76.7 Å².